The molecule has 0 aromatic heterocycles. The van der Waals surface area contributed by atoms with E-state index in [9.17, 15) is 9.18 Å². The first-order valence-corrected chi connectivity index (χ1v) is 6.26. The van der Waals surface area contributed by atoms with E-state index in [1.165, 1.54) is 12.1 Å². The molecule has 0 aliphatic heterocycles. The highest BCUT2D eigenvalue weighted by atomic mass is 35.5. The van der Waals surface area contributed by atoms with Gasteiger partial charge < -0.3 is 9.84 Å². The summed E-state index contributed by atoms with van der Waals surface area (Å²) >= 11 is 5.68. The van der Waals surface area contributed by atoms with Gasteiger partial charge in [0.25, 0.3) is 0 Å². The Morgan fingerprint density at radius 1 is 1.35 bits per heavy atom. The largest absolute Gasteiger partial charge is 0.489 e. The summed E-state index contributed by atoms with van der Waals surface area (Å²) < 4.78 is 19.1. The van der Waals surface area contributed by atoms with E-state index in [4.69, 9.17) is 21.4 Å². The Labute approximate surface area is 120 Å². The van der Waals surface area contributed by atoms with Gasteiger partial charge in [0.1, 0.15) is 18.2 Å². The highest BCUT2D eigenvalue weighted by Crippen LogP contribution is 2.21. The van der Waals surface area contributed by atoms with Crippen molar-refractivity contribution in [3.05, 3.63) is 63.9 Å². The molecule has 0 aliphatic carbocycles. The number of benzene rings is 2. The molecule has 0 unspecified atom stereocenters. The quantitative estimate of drug-likeness (QED) is 0.925. The molecule has 0 heterocycles. The summed E-state index contributed by atoms with van der Waals surface area (Å²) in [7, 11) is 0. The molecule has 3 nitrogen and oxygen atoms in total. The van der Waals surface area contributed by atoms with Gasteiger partial charge in [-0.25, -0.2) is 9.18 Å². The van der Waals surface area contributed by atoms with Gasteiger partial charge in [-0.05, 0) is 36.8 Å². The molecular formula is C15H12ClFO3. The molecular weight excluding hydrogens is 283 g/mol. The summed E-state index contributed by atoms with van der Waals surface area (Å²) in [5.41, 5.74) is 1.14. The van der Waals surface area contributed by atoms with E-state index in [2.05, 4.69) is 0 Å². The van der Waals surface area contributed by atoms with Crippen LogP contribution in [0.1, 0.15) is 21.5 Å². The smallest absolute Gasteiger partial charge is 0.335 e. The van der Waals surface area contributed by atoms with Crippen molar-refractivity contribution in [1.82, 2.24) is 0 Å². The van der Waals surface area contributed by atoms with Gasteiger partial charge in [0.05, 0.1) is 10.6 Å². The van der Waals surface area contributed by atoms with Crippen LogP contribution in [0, 0.1) is 12.7 Å². The van der Waals surface area contributed by atoms with Crippen molar-refractivity contribution in [2.45, 2.75) is 13.5 Å². The maximum absolute atomic E-state index is 13.7. The molecule has 0 aliphatic rings. The number of carboxylic acid groups (broad SMARTS) is 1. The summed E-state index contributed by atoms with van der Waals surface area (Å²) in [6, 6.07) is 9.29. The Morgan fingerprint density at radius 3 is 2.75 bits per heavy atom. The molecule has 104 valence electrons. The topological polar surface area (TPSA) is 46.5 Å². The number of hydrogen-bond acceptors (Lipinski definition) is 2. The lowest BCUT2D eigenvalue weighted by molar-refractivity contribution is 0.0696. The number of aromatic carboxylic acids is 1. The molecule has 2 aromatic carbocycles. The maximum Gasteiger partial charge on any atom is 0.335 e. The van der Waals surface area contributed by atoms with E-state index < -0.39 is 11.8 Å². The van der Waals surface area contributed by atoms with Gasteiger partial charge in [0.15, 0.2) is 0 Å². The van der Waals surface area contributed by atoms with E-state index in [1.54, 1.807) is 31.2 Å². The summed E-state index contributed by atoms with van der Waals surface area (Å²) in [4.78, 5) is 10.9. The van der Waals surface area contributed by atoms with Crippen molar-refractivity contribution in [1.29, 1.82) is 0 Å². The molecule has 0 atom stereocenters. The minimum Gasteiger partial charge on any atom is -0.489 e. The third kappa shape index (κ3) is 3.08. The normalized spacial score (nSPS) is 10.3. The SMILES string of the molecule is Cc1cc(OCc2cccc(Cl)c2F)ccc1C(=O)O. The zero-order valence-electron chi connectivity index (χ0n) is 10.7. The molecule has 0 saturated heterocycles. The van der Waals surface area contributed by atoms with E-state index in [0.29, 0.717) is 16.9 Å². The van der Waals surface area contributed by atoms with Crippen LogP contribution in [0.3, 0.4) is 0 Å². The first-order valence-electron chi connectivity index (χ1n) is 5.88. The van der Waals surface area contributed by atoms with Crippen molar-refractivity contribution >= 4 is 17.6 Å². The maximum atomic E-state index is 13.7. The number of rotatable bonds is 4. The first-order chi connectivity index (χ1) is 9.49. The zero-order valence-corrected chi connectivity index (χ0v) is 11.4. The Bertz CT molecular complexity index is 656. The Morgan fingerprint density at radius 2 is 2.10 bits per heavy atom. The van der Waals surface area contributed by atoms with Crippen molar-refractivity contribution < 1.29 is 19.0 Å². The number of ether oxygens (including phenoxy) is 1. The first kappa shape index (κ1) is 14.3. The molecule has 0 amide bonds. The molecule has 20 heavy (non-hydrogen) atoms. The van der Waals surface area contributed by atoms with E-state index in [0.717, 1.165) is 0 Å². The average molecular weight is 295 g/mol. The lowest BCUT2D eigenvalue weighted by atomic mass is 10.1. The fourth-order valence-electron chi connectivity index (χ4n) is 1.79. The Kier molecular flexibility index (Phi) is 4.25. The number of aryl methyl sites for hydroxylation is 1. The van der Waals surface area contributed by atoms with Crippen molar-refractivity contribution in [3.8, 4) is 5.75 Å². The lowest BCUT2D eigenvalue weighted by Crippen LogP contribution is -2.02. The van der Waals surface area contributed by atoms with Crippen LogP contribution in [0.25, 0.3) is 0 Å². The molecule has 0 bridgehead atoms. The van der Waals surface area contributed by atoms with E-state index in [-0.39, 0.29) is 17.2 Å². The van der Waals surface area contributed by atoms with Crippen LogP contribution in [0.4, 0.5) is 4.39 Å². The number of hydrogen-bond donors (Lipinski definition) is 1. The van der Waals surface area contributed by atoms with Crippen molar-refractivity contribution in [2.75, 3.05) is 0 Å². The molecule has 0 radical (unpaired) electrons. The number of halogens is 2. The van der Waals surface area contributed by atoms with Gasteiger partial charge in [0, 0.05) is 5.56 Å². The minimum atomic E-state index is -0.991. The predicted molar refractivity (Wildman–Crippen MR) is 73.9 cm³/mol. The van der Waals surface area contributed by atoms with Gasteiger partial charge in [-0.3, -0.25) is 0 Å². The number of carboxylic acids is 1. The second-order valence-corrected chi connectivity index (χ2v) is 4.69. The molecule has 2 rings (SSSR count). The van der Waals surface area contributed by atoms with Gasteiger partial charge in [0.2, 0.25) is 0 Å². The second kappa shape index (κ2) is 5.92. The summed E-state index contributed by atoms with van der Waals surface area (Å²) in [6.07, 6.45) is 0. The third-order valence-corrected chi connectivity index (χ3v) is 3.15. The Balaban J connectivity index is 2.13. The van der Waals surface area contributed by atoms with Crippen LogP contribution in [0.2, 0.25) is 5.02 Å². The second-order valence-electron chi connectivity index (χ2n) is 4.28. The van der Waals surface area contributed by atoms with Crippen molar-refractivity contribution in [2.24, 2.45) is 0 Å². The van der Waals surface area contributed by atoms with Crippen LogP contribution >= 0.6 is 11.6 Å². The van der Waals surface area contributed by atoms with E-state index in [1.807, 2.05) is 0 Å². The molecule has 1 N–H and O–H groups in total. The third-order valence-electron chi connectivity index (χ3n) is 2.85. The van der Waals surface area contributed by atoms with Crippen molar-refractivity contribution in [3.63, 3.8) is 0 Å². The summed E-state index contributed by atoms with van der Waals surface area (Å²) in [5, 5.41) is 8.97. The van der Waals surface area contributed by atoms with E-state index >= 15 is 0 Å². The number of carbonyl (C=O) groups is 1. The molecule has 0 spiro atoms. The minimum absolute atomic E-state index is 0.0260. The standard InChI is InChI=1S/C15H12ClFO3/c1-9-7-11(5-6-12(9)15(18)19)20-8-10-3-2-4-13(16)14(10)17/h2-7H,8H2,1H3,(H,18,19). The van der Waals surface area contributed by atoms with Gasteiger partial charge in [-0.1, -0.05) is 23.7 Å². The highest BCUT2D eigenvalue weighted by molar-refractivity contribution is 6.30. The summed E-state index contributed by atoms with van der Waals surface area (Å²) in [6.45, 7) is 1.70. The molecule has 5 heteroatoms. The highest BCUT2D eigenvalue weighted by Gasteiger charge is 2.09. The van der Waals surface area contributed by atoms with Crippen LogP contribution in [-0.4, -0.2) is 11.1 Å². The van der Waals surface area contributed by atoms with Crippen LogP contribution < -0.4 is 4.74 Å². The van der Waals surface area contributed by atoms with Gasteiger partial charge >= 0.3 is 5.97 Å². The fourth-order valence-corrected chi connectivity index (χ4v) is 1.98. The van der Waals surface area contributed by atoms with Crippen LogP contribution in [0.15, 0.2) is 36.4 Å². The molecule has 0 saturated carbocycles. The summed E-state index contributed by atoms with van der Waals surface area (Å²) in [5.74, 6) is -1.02. The van der Waals surface area contributed by atoms with Gasteiger partial charge in [-0.2, -0.15) is 0 Å². The zero-order chi connectivity index (χ0) is 14.7. The monoisotopic (exact) mass is 294 g/mol. The van der Waals surface area contributed by atoms with Crippen LogP contribution in [0.5, 0.6) is 5.75 Å². The lowest BCUT2D eigenvalue weighted by Gasteiger charge is -2.09. The van der Waals surface area contributed by atoms with Crippen LogP contribution in [-0.2, 0) is 6.61 Å². The fraction of sp³-hybridized carbons (Fsp3) is 0.133. The Hall–Kier alpha value is -2.07. The van der Waals surface area contributed by atoms with Gasteiger partial charge in [-0.15, -0.1) is 0 Å². The predicted octanol–water partition coefficient (Wildman–Crippen LogP) is 4.06. The molecule has 0 fully saturated rings. The average Bonchev–Trinajstić information content (AvgIpc) is 2.40. The molecule has 2 aromatic rings.